The van der Waals surface area contributed by atoms with Gasteiger partial charge in [-0.15, -0.1) is 11.3 Å². The molecule has 130 valence electrons. The van der Waals surface area contributed by atoms with Gasteiger partial charge in [-0.05, 0) is 30.3 Å². The van der Waals surface area contributed by atoms with Crippen LogP contribution in [0, 0.1) is 0 Å². The predicted molar refractivity (Wildman–Crippen MR) is 98.0 cm³/mol. The summed E-state index contributed by atoms with van der Waals surface area (Å²) in [7, 11) is -1.62. The number of hydrogen-bond donors (Lipinski definition) is 0. The van der Waals surface area contributed by atoms with Crippen molar-refractivity contribution in [2.75, 3.05) is 13.4 Å². The van der Waals surface area contributed by atoms with E-state index in [2.05, 4.69) is 4.98 Å². The Labute approximate surface area is 150 Å². The quantitative estimate of drug-likeness (QED) is 0.656. The normalized spacial score (nSPS) is 11.3. The van der Waals surface area contributed by atoms with E-state index in [4.69, 9.17) is 9.47 Å². The minimum atomic E-state index is -3.25. The van der Waals surface area contributed by atoms with Gasteiger partial charge < -0.3 is 9.47 Å². The predicted octanol–water partition coefficient (Wildman–Crippen LogP) is 3.80. The lowest BCUT2D eigenvalue weighted by Crippen LogP contribution is -1.99. The summed E-state index contributed by atoms with van der Waals surface area (Å²) in [5.41, 5.74) is 1.77. The summed E-state index contributed by atoms with van der Waals surface area (Å²) in [5, 5.41) is 2.80. The number of benzene rings is 2. The minimum Gasteiger partial charge on any atom is -0.497 e. The number of sulfone groups is 1. The number of thiazole rings is 1. The SMILES string of the molecule is COc1cccc(-c2nc(COc3cccc(S(C)(=O)=O)c3)cs2)c1. The molecule has 1 aromatic heterocycles. The number of ether oxygens (including phenoxy) is 2. The maximum absolute atomic E-state index is 11.6. The van der Waals surface area contributed by atoms with Crippen LogP contribution in [0.25, 0.3) is 10.6 Å². The van der Waals surface area contributed by atoms with E-state index in [1.807, 2.05) is 29.6 Å². The van der Waals surface area contributed by atoms with Crippen molar-refractivity contribution in [3.05, 3.63) is 59.6 Å². The standard InChI is InChI=1S/C18H17NO4S2/c1-22-15-6-3-5-13(9-15)18-19-14(12-24-18)11-23-16-7-4-8-17(10-16)25(2,20)21/h3-10,12H,11H2,1-2H3. The average molecular weight is 375 g/mol. The highest BCUT2D eigenvalue weighted by atomic mass is 32.2. The first-order valence-electron chi connectivity index (χ1n) is 7.47. The number of hydrogen-bond acceptors (Lipinski definition) is 6. The molecule has 2 aromatic carbocycles. The molecule has 0 saturated carbocycles. The average Bonchev–Trinajstić information content (AvgIpc) is 3.09. The maximum Gasteiger partial charge on any atom is 0.175 e. The Kier molecular flexibility index (Phi) is 5.06. The smallest absolute Gasteiger partial charge is 0.175 e. The zero-order valence-corrected chi connectivity index (χ0v) is 15.4. The molecule has 3 rings (SSSR count). The van der Waals surface area contributed by atoms with Crippen LogP contribution in [0.3, 0.4) is 0 Å². The molecular weight excluding hydrogens is 358 g/mol. The third-order valence-corrected chi connectivity index (χ3v) is 5.54. The molecule has 0 unspecified atom stereocenters. The molecule has 0 saturated heterocycles. The molecule has 0 atom stereocenters. The summed E-state index contributed by atoms with van der Waals surface area (Å²) in [4.78, 5) is 4.80. The van der Waals surface area contributed by atoms with Gasteiger partial charge in [0.1, 0.15) is 23.1 Å². The summed E-state index contributed by atoms with van der Waals surface area (Å²) < 4.78 is 34.1. The van der Waals surface area contributed by atoms with Crippen molar-refractivity contribution in [1.29, 1.82) is 0 Å². The van der Waals surface area contributed by atoms with E-state index in [1.54, 1.807) is 25.3 Å². The van der Waals surface area contributed by atoms with Crippen molar-refractivity contribution in [3.63, 3.8) is 0 Å². The van der Waals surface area contributed by atoms with Gasteiger partial charge in [-0.3, -0.25) is 0 Å². The molecular formula is C18H17NO4S2. The van der Waals surface area contributed by atoms with Crippen LogP contribution in [-0.2, 0) is 16.4 Å². The van der Waals surface area contributed by atoms with Crippen LogP contribution in [0.4, 0.5) is 0 Å². The number of methoxy groups -OCH3 is 1. The minimum absolute atomic E-state index is 0.236. The molecule has 0 radical (unpaired) electrons. The van der Waals surface area contributed by atoms with Crippen molar-refractivity contribution in [2.24, 2.45) is 0 Å². The summed E-state index contributed by atoms with van der Waals surface area (Å²) in [5.74, 6) is 1.28. The molecule has 0 spiro atoms. The fraction of sp³-hybridized carbons (Fsp3) is 0.167. The zero-order valence-electron chi connectivity index (χ0n) is 13.8. The highest BCUT2D eigenvalue weighted by molar-refractivity contribution is 7.90. The Morgan fingerprint density at radius 3 is 2.60 bits per heavy atom. The molecule has 5 nitrogen and oxygen atoms in total. The second kappa shape index (κ2) is 7.25. The first-order valence-corrected chi connectivity index (χ1v) is 10.2. The summed E-state index contributed by atoms with van der Waals surface area (Å²) in [6, 6.07) is 14.2. The van der Waals surface area contributed by atoms with Gasteiger partial charge in [0.2, 0.25) is 0 Å². The van der Waals surface area contributed by atoms with Crippen molar-refractivity contribution in [3.8, 4) is 22.1 Å². The van der Waals surface area contributed by atoms with Crippen LogP contribution in [0.15, 0.2) is 58.8 Å². The highest BCUT2D eigenvalue weighted by Crippen LogP contribution is 2.27. The fourth-order valence-corrected chi connectivity index (χ4v) is 3.67. The van der Waals surface area contributed by atoms with Crippen LogP contribution in [-0.4, -0.2) is 26.8 Å². The first kappa shape index (κ1) is 17.4. The summed E-state index contributed by atoms with van der Waals surface area (Å²) >= 11 is 1.52. The van der Waals surface area contributed by atoms with Gasteiger partial charge in [0.15, 0.2) is 9.84 Å². The molecule has 0 N–H and O–H groups in total. The molecule has 1 heterocycles. The molecule has 0 aliphatic rings. The van der Waals surface area contributed by atoms with Gasteiger partial charge in [0.25, 0.3) is 0 Å². The van der Waals surface area contributed by atoms with Crippen LogP contribution >= 0.6 is 11.3 Å². The number of aromatic nitrogens is 1. The molecule has 3 aromatic rings. The van der Waals surface area contributed by atoms with E-state index in [0.717, 1.165) is 22.0 Å². The Balaban J connectivity index is 1.72. The third-order valence-electron chi connectivity index (χ3n) is 3.49. The van der Waals surface area contributed by atoms with Gasteiger partial charge in [0, 0.05) is 17.2 Å². The Bertz CT molecular complexity index is 980. The summed E-state index contributed by atoms with van der Waals surface area (Å²) in [6.07, 6.45) is 1.17. The zero-order chi connectivity index (χ0) is 17.9. The summed E-state index contributed by atoms with van der Waals surface area (Å²) in [6.45, 7) is 0.272. The van der Waals surface area contributed by atoms with E-state index in [1.165, 1.54) is 23.7 Å². The number of rotatable bonds is 6. The van der Waals surface area contributed by atoms with Crippen molar-refractivity contribution in [2.45, 2.75) is 11.5 Å². The molecule has 25 heavy (non-hydrogen) atoms. The maximum atomic E-state index is 11.6. The molecule has 0 fully saturated rings. The van der Waals surface area contributed by atoms with Gasteiger partial charge in [-0.2, -0.15) is 0 Å². The second-order valence-corrected chi connectivity index (χ2v) is 8.29. The van der Waals surface area contributed by atoms with Gasteiger partial charge in [0.05, 0.1) is 17.7 Å². The van der Waals surface area contributed by atoms with Crippen molar-refractivity contribution >= 4 is 21.2 Å². The molecule has 7 heteroatoms. The van der Waals surface area contributed by atoms with E-state index >= 15 is 0 Å². The van der Waals surface area contributed by atoms with Crippen LogP contribution in [0.5, 0.6) is 11.5 Å². The lowest BCUT2D eigenvalue weighted by Gasteiger charge is -2.06. The van der Waals surface area contributed by atoms with Gasteiger partial charge in [-0.25, -0.2) is 13.4 Å². The fourth-order valence-electron chi connectivity index (χ4n) is 2.21. The van der Waals surface area contributed by atoms with E-state index < -0.39 is 9.84 Å². The van der Waals surface area contributed by atoms with Gasteiger partial charge >= 0.3 is 0 Å². The largest absolute Gasteiger partial charge is 0.497 e. The highest BCUT2D eigenvalue weighted by Gasteiger charge is 2.09. The monoisotopic (exact) mass is 375 g/mol. The third kappa shape index (κ3) is 4.37. The lowest BCUT2D eigenvalue weighted by atomic mass is 10.2. The van der Waals surface area contributed by atoms with Gasteiger partial charge in [-0.1, -0.05) is 18.2 Å². The lowest BCUT2D eigenvalue weighted by molar-refractivity contribution is 0.301. The van der Waals surface area contributed by atoms with E-state index in [0.29, 0.717) is 5.75 Å². The van der Waals surface area contributed by atoms with E-state index in [9.17, 15) is 8.42 Å². The van der Waals surface area contributed by atoms with E-state index in [-0.39, 0.29) is 11.5 Å². The second-order valence-electron chi connectivity index (χ2n) is 5.41. The topological polar surface area (TPSA) is 65.5 Å². The Morgan fingerprint density at radius 2 is 1.84 bits per heavy atom. The molecule has 0 bridgehead atoms. The first-order chi connectivity index (χ1) is 12.0. The van der Waals surface area contributed by atoms with Crippen LogP contribution in [0.2, 0.25) is 0 Å². The number of nitrogens with zero attached hydrogens (tertiary/aromatic N) is 1. The molecule has 0 amide bonds. The Hall–Kier alpha value is -2.38. The molecule has 0 aliphatic carbocycles. The Morgan fingerprint density at radius 1 is 1.08 bits per heavy atom. The van der Waals surface area contributed by atoms with Crippen LogP contribution in [0.1, 0.15) is 5.69 Å². The van der Waals surface area contributed by atoms with Crippen molar-refractivity contribution < 1.29 is 17.9 Å². The van der Waals surface area contributed by atoms with Crippen molar-refractivity contribution in [1.82, 2.24) is 4.98 Å². The molecule has 0 aliphatic heterocycles. The van der Waals surface area contributed by atoms with Crippen LogP contribution < -0.4 is 9.47 Å².